The number of rotatable bonds is 6. The second-order valence-corrected chi connectivity index (χ2v) is 6.85. The summed E-state index contributed by atoms with van der Waals surface area (Å²) >= 11 is 0. The van der Waals surface area contributed by atoms with E-state index in [9.17, 15) is 14.4 Å². The molecule has 2 aromatic rings. The molecule has 1 unspecified atom stereocenters. The van der Waals surface area contributed by atoms with Gasteiger partial charge < -0.3 is 9.64 Å². The normalized spacial score (nSPS) is 15.7. The van der Waals surface area contributed by atoms with Crippen LogP contribution in [0.4, 0.5) is 4.39 Å². The fraction of sp³-hybridized carbons (Fsp3) is 0.364. The lowest BCUT2D eigenvalue weighted by Crippen LogP contribution is -2.49. The predicted octanol–water partition coefficient (Wildman–Crippen LogP) is 3.18. The topological polar surface area (TPSA) is 56.6 Å². The zero-order valence-electron chi connectivity index (χ0n) is 16.0. The van der Waals surface area contributed by atoms with Gasteiger partial charge in [0, 0.05) is 32.6 Å². The van der Waals surface area contributed by atoms with E-state index in [2.05, 4.69) is 6.07 Å². The van der Waals surface area contributed by atoms with E-state index in [1.165, 1.54) is 12.1 Å². The number of nitrogens with zero attached hydrogens (tertiary/aromatic N) is 3. The molecule has 2 aromatic carbocycles. The van der Waals surface area contributed by atoms with Gasteiger partial charge in [-0.05, 0) is 41.8 Å². The van der Waals surface area contributed by atoms with Gasteiger partial charge in [0.05, 0.1) is 13.2 Å². The predicted molar refractivity (Wildman–Crippen MR) is 104 cm³/mol. The van der Waals surface area contributed by atoms with Crippen molar-refractivity contribution in [3.8, 4) is 11.8 Å². The minimum atomic E-state index is -0.419. The number of benzene rings is 2. The van der Waals surface area contributed by atoms with Crippen molar-refractivity contribution >= 4 is 5.91 Å². The summed E-state index contributed by atoms with van der Waals surface area (Å²) in [6.45, 7) is 2.45. The third-order valence-corrected chi connectivity index (χ3v) is 5.13. The van der Waals surface area contributed by atoms with Crippen LogP contribution in [0.2, 0.25) is 0 Å². The van der Waals surface area contributed by atoms with E-state index < -0.39 is 6.04 Å². The van der Waals surface area contributed by atoms with Crippen LogP contribution in [0.15, 0.2) is 48.5 Å². The summed E-state index contributed by atoms with van der Waals surface area (Å²) < 4.78 is 18.3. The molecule has 3 rings (SSSR count). The van der Waals surface area contributed by atoms with Crippen molar-refractivity contribution in [3.05, 3.63) is 65.5 Å². The van der Waals surface area contributed by atoms with Crippen molar-refractivity contribution in [2.24, 2.45) is 0 Å². The molecule has 5 nitrogen and oxygen atoms in total. The highest BCUT2D eigenvalue weighted by Crippen LogP contribution is 2.22. The number of carbonyl (C=O) groups is 1. The van der Waals surface area contributed by atoms with Crippen LogP contribution in [-0.4, -0.2) is 49.0 Å². The van der Waals surface area contributed by atoms with Crippen molar-refractivity contribution in [1.29, 1.82) is 5.26 Å². The van der Waals surface area contributed by atoms with E-state index in [1.54, 1.807) is 19.2 Å². The minimum Gasteiger partial charge on any atom is -0.497 e. The first-order valence-electron chi connectivity index (χ1n) is 9.40. The fourth-order valence-electron chi connectivity index (χ4n) is 3.44. The Kier molecular flexibility index (Phi) is 6.62. The summed E-state index contributed by atoms with van der Waals surface area (Å²) in [6.07, 6.45) is 1.16. The number of carbonyl (C=O) groups excluding carboxylic acids is 1. The summed E-state index contributed by atoms with van der Waals surface area (Å²) in [7, 11) is 1.63. The Balaban J connectivity index is 1.50. The number of hydrogen-bond acceptors (Lipinski definition) is 4. The van der Waals surface area contributed by atoms with E-state index in [-0.39, 0.29) is 11.7 Å². The molecule has 1 atom stereocenters. The summed E-state index contributed by atoms with van der Waals surface area (Å²) in [5.41, 5.74) is 1.89. The number of hydrogen-bond donors (Lipinski definition) is 0. The molecular weight excluding hydrogens is 357 g/mol. The van der Waals surface area contributed by atoms with Crippen LogP contribution in [0.1, 0.15) is 23.6 Å². The number of amides is 1. The molecule has 1 amide bonds. The van der Waals surface area contributed by atoms with Crippen LogP contribution in [0.5, 0.6) is 5.75 Å². The molecule has 0 bridgehead atoms. The van der Waals surface area contributed by atoms with Gasteiger partial charge in [-0.1, -0.05) is 24.3 Å². The lowest BCUT2D eigenvalue weighted by Gasteiger charge is -2.37. The van der Waals surface area contributed by atoms with Crippen molar-refractivity contribution in [2.45, 2.75) is 18.9 Å². The lowest BCUT2D eigenvalue weighted by molar-refractivity contribution is -0.133. The molecule has 146 valence electrons. The van der Waals surface area contributed by atoms with E-state index in [0.29, 0.717) is 39.0 Å². The highest BCUT2D eigenvalue weighted by molar-refractivity contribution is 5.76. The van der Waals surface area contributed by atoms with Crippen LogP contribution in [0.25, 0.3) is 0 Å². The van der Waals surface area contributed by atoms with Gasteiger partial charge in [0.25, 0.3) is 0 Å². The number of methoxy groups -OCH3 is 1. The largest absolute Gasteiger partial charge is 0.497 e. The van der Waals surface area contributed by atoms with Gasteiger partial charge in [0.2, 0.25) is 5.91 Å². The van der Waals surface area contributed by atoms with Crippen molar-refractivity contribution in [2.75, 3.05) is 33.3 Å². The SMILES string of the molecule is COc1ccc(CCC(=O)N2CCN(C(C#N)c3ccc(F)cc3)CC2)cc1. The van der Waals surface area contributed by atoms with Crippen molar-refractivity contribution in [1.82, 2.24) is 9.80 Å². The molecule has 0 spiro atoms. The number of halogens is 1. The zero-order chi connectivity index (χ0) is 19.9. The van der Waals surface area contributed by atoms with Crippen LogP contribution < -0.4 is 4.74 Å². The second-order valence-electron chi connectivity index (χ2n) is 6.85. The molecule has 0 aliphatic carbocycles. The maximum atomic E-state index is 13.1. The van der Waals surface area contributed by atoms with Gasteiger partial charge in [-0.2, -0.15) is 5.26 Å². The van der Waals surface area contributed by atoms with Gasteiger partial charge in [0.15, 0.2) is 0 Å². The van der Waals surface area contributed by atoms with Crippen LogP contribution in [0.3, 0.4) is 0 Å². The van der Waals surface area contributed by atoms with Crippen molar-refractivity contribution in [3.63, 3.8) is 0 Å². The molecule has 0 aromatic heterocycles. The number of aryl methyl sites for hydroxylation is 1. The maximum absolute atomic E-state index is 13.1. The standard InChI is InChI=1S/C22H24FN3O2/c1-28-20-9-2-17(3-10-20)4-11-22(27)26-14-12-25(13-15-26)21(16-24)18-5-7-19(23)8-6-18/h2-3,5-10,21H,4,11-15H2,1H3. The molecule has 1 aliphatic heterocycles. The molecule has 0 radical (unpaired) electrons. The Morgan fingerprint density at radius 3 is 2.32 bits per heavy atom. The average Bonchev–Trinajstić information content (AvgIpc) is 2.74. The van der Waals surface area contributed by atoms with E-state index >= 15 is 0 Å². The lowest BCUT2D eigenvalue weighted by atomic mass is 10.1. The van der Waals surface area contributed by atoms with Gasteiger partial charge in [0.1, 0.15) is 17.6 Å². The zero-order valence-corrected chi connectivity index (χ0v) is 16.0. The monoisotopic (exact) mass is 381 g/mol. The third-order valence-electron chi connectivity index (χ3n) is 5.13. The first-order chi connectivity index (χ1) is 13.6. The summed E-state index contributed by atoms with van der Waals surface area (Å²) in [5.74, 6) is 0.623. The highest BCUT2D eigenvalue weighted by atomic mass is 19.1. The smallest absolute Gasteiger partial charge is 0.222 e. The molecule has 1 saturated heterocycles. The Morgan fingerprint density at radius 2 is 1.75 bits per heavy atom. The molecule has 6 heteroatoms. The summed E-state index contributed by atoms with van der Waals surface area (Å²) in [6, 6.07) is 15.7. The molecule has 0 saturated carbocycles. The first kappa shape index (κ1) is 19.8. The quantitative estimate of drug-likeness (QED) is 0.771. The summed E-state index contributed by atoms with van der Waals surface area (Å²) in [5, 5.41) is 9.55. The Morgan fingerprint density at radius 1 is 1.11 bits per heavy atom. The maximum Gasteiger partial charge on any atom is 0.222 e. The van der Waals surface area contributed by atoms with Gasteiger partial charge in [-0.15, -0.1) is 0 Å². The van der Waals surface area contributed by atoms with Gasteiger partial charge in [-0.3, -0.25) is 9.69 Å². The van der Waals surface area contributed by atoms with E-state index in [0.717, 1.165) is 16.9 Å². The molecule has 1 heterocycles. The first-order valence-corrected chi connectivity index (χ1v) is 9.40. The van der Waals surface area contributed by atoms with Crippen LogP contribution in [-0.2, 0) is 11.2 Å². The van der Waals surface area contributed by atoms with Crippen LogP contribution >= 0.6 is 0 Å². The molecule has 1 fully saturated rings. The molecular formula is C22H24FN3O2. The van der Waals surface area contributed by atoms with Gasteiger partial charge >= 0.3 is 0 Å². The second kappa shape index (κ2) is 9.34. The Hall–Kier alpha value is -2.91. The third kappa shape index (κ3) is 4.87. The van der Waals surface area contributed by atoms with E-state index in [4.69, 9.17) is 4.74 Å². The Bertz CT molecular complexity index is 822. The van der Waals surface area contributed by atoms with Crippen molar-refractivity contribution < 1.29 is 13.9 Å². The highest BCUT2D eigenvalue weighted by Gasteiger charge is 2.26. The van der Waals surface area contributed by atoms with E-state index in [1.807, 2.05) is 34.1 Å². The minimum absolute atomic E-state index is 0.130. The average molecular weight is 381 g/mol. The fourth-order valence-corrected chi connectivity index (χ4v) is 3.44. The number of piperazine rings is 1. The summed E-state index contributed by atoms with van der Waals surface area (Å²) in [4.78, 5) is 16.4. The molecule has 1 aliphatic rings. The van der Waals surface area contributed by atoms with Gasteiger partial charge in [-0.25, -0.2) is 4.39 Å². The Labute approximate surface area is 164 Å². The molecule has 28 heavy (non-hydrogen) atoms. The number of nitriles is 1. The van der Waals surface area contributed by atoms with Crippen LogP contribution in [0, 0.1) is 17.1 Å². The molecule has 0 N–H and O–H groups in total. The number of ether oxygens (including phenoxy) is 1.